The fourth-order valence-corrected chi connectivity index (χ4v) is 2.32. The summed E-state index contributed by atoms with van der Waals surface area (Å²) in [6.07, 6.45) is -3.09. The predicted molar refractivity (Wildman–Crippen MR) is 69.9 cm³/mol. The molecular weight excluding hydrogens is 309 g/mol. The number of hydrogen-bond donors (Lipinski definition) is 2. The third-order valence-electron chi connectivity index (χ3n) is 2.55. The molecule has 0 spiro atoms. The van der Waals surface area contributed by atoms with Crippen LogP contribution in [0.3, 0.4) is 0 Å². The molecule has 5 nitrogen and oxygen atoms in total. The van der Waals surface area contributed by atoms with Gasteiger partial charge in [-0.2, -0.15) is 13.2 Å². The number of hydrogen-bond acceptors (Lipinski definition) is 4. The van der Waals surface area contributed by atoms with Gasteiger partial charge in [-0.3, -0.25) is 9.59 Å². The Morgan fingerprint density at radius 2 is 1.95 bits per heavy atom. The van der Waals surface area contributed by atoms with Crippen molar-refractivity contribution in [2.45, 2.75) is 38.3 Å². The lowest BCUT2D eigenvalue weighted by Crippen LogP contribution is -2.25. The number of carboxylic acid groups (broad SMARTS) is 1. The molecule has 9 heteroatoms. The van der Waals surface area contributed by atoms with E-state index in [0.29, 0.717) is 17.8 Å². The van der Waals surface area contributed by atoms with Crippen molar-refractivity contribution in [3.63, 3.8) is 0 Å². The molecule has 118 valence electrons. The summed E-state index contributed by atoms with van der Waals surface area (Å²) in [5, 5.41) is 12.2. The van der Waals surface area contributed by atoms with E-state index in [-0.39, 0.29) is 31.7 Å². The van der Waals surface area contributed by atoms with Gasteiger partial charge in [0.1, 0.15) is 0 Å². The number of halogens is 3. The van der Waals surface area contributed by atoms with Crippen LogP contribution in [-0.4, -0.2) is 28.5 Å². The van der Waals surface area contributed by atoms with Crippen LogP contribution in [-0.2, 0) is 22.2 Å². The minimum atomic E-state index is -4.44. The van der Waals surface area contributed by atoms with Gasteiger partial charge in [0, 0.05) is 31.2 Å². The Bertz CT molecular complexity index is 488. The zero-order valence-electron chi connectivity index (χ0n) is 11.1. The number of carboxylic acids is 1. The molecule has 2 N–H and O–H groups in total. The molecule has 1 rings (SSSR count). The monoisotopic (exact) mass is 324 g/mol. The Kier molecular flexibility index (Phi) is 6.60. The lowest BCUT2D eigenvalue weighted by atomic mass is 10.2. The first-order chi connectivity index (χ1) is 9.79. The van der Waals surface area contributed by atoms with Crippen LogP contribution in [0, 0.1) is 0 Å². The molecule has 1 aromatic heterocycles. The van der Waals surface area contributed by atoms with Crippen LogP contribution in [0.25, 0.3) is 0 Å². The maximum absolute atomic E-state index is 12.3. The summed E-state index contributed by atoms with van der Waals surface area (Å²) >= 11 is 0.905. The van der Waals surface area contributed by atoms with E-state index in [1.54, 1.807) is 0 Å². The maximum atomic E-state index is 12.3. The van der Waals surface area contributed by atoms with Crippen LogP contribution in [0.2, 0.25) is 0 Å². The van der Waals surface area contributed by atoms with E-state index in [1.807, 2.05) is 0 Å². The molecule has 0 saturated heterocycles. The van der Waals surface area contributed by atoms with Crippen LogP contribution in [0.15, 0.2) is 5.38 Å². The smallest absolute Gasteiger partial charge is 0.434 e. The van der Waals surface area contributed by atoms with Crippen molar-refractivity contribution in [1.29, 1.82) is 0 Å². The van der Waals surface area contributed by atoms with Gasteiger partial charge in [0.2, 0.25) is 5.91 Å². The molecule has 0 aliphatic heterocycles. The van der Waals surface area contributed by atoms with E-state index >= 15 is 0 Å². The van der Waals surface area contributed by atoms with Crippen LogP contribution in [0.1, 0.15) is 36.4 Å². The third kappa shape index (κ3) is 7.07. The third-order valence-corrected chi connectivity index (χ3v) is 3.46. The van der Waals surface area contributed by atoms with E-state index in [9.17, 15) is 22.8 Å². The van der Waals surface area contributed by atoms with Gasteiger partial charge in [0.15, 0.2) is 5.69 Å². The van der Waals surface area contributed by atoms with Crippen LogP contribution in [0.4, 0.5) is 13.2 Å². The average molecular weight is 324 g/mol. The highest BCUT2D eigenvalue weighted by Gasteiger charge is 2.33. The first kappa shape index (κ1) is 17.4. The number of unbranched alkanes of at least 4 members (excludes halogenated alkanes) is 1. The highest BCUT2D eigenvalue weighted by Crippen LogP contribution is 2.29. The van der Waals surface area contributed by atoms with Crippen LogP contribution < -0.4 is 5.32 Å². The molecule has 0 saturated carbocycles. The number of aromatic nitrogens is 1. The summed E-state index contributed by atoms with van der Waals surface area (Å²) in [5.41, 5.74) is -0.914. The van der Waals surface area contributed by atoms with Crippen LogP contribution >= 0.6 is 11.3 Å². The Labute approximate surface area is 123 Å². The van der Waals surface area contributed by atoms with Crippen molar-refractivity contribution >= 4 is 23.2 Å². The number of thiazole rings is 1. The number of carbonyl (C=O) groups excluding carboxylic acids is 1. The highest BCUT2D eigenvalue weighted by molar-refractivity contribution is 7.09. The van der Waals surface area contributed by atoms with Gasteiger partial charge in [0.25, 0.3) is 0 Å². The van der Waals surface area contributed by atoms with Crippen molar-refractivity contribution < 1.29 is 27.9 Å². The fraction of sp³-hybridized carbons (Fsp3) is 0.583. The Hall–Kier alpha value is -1.64. The lowest BCUT2D eigenvalue weighted by Gasteiger charge is -2.03. The topological polar surface area (TPSA) is 79.3 Å². The Balaban J connectivity index is 2.20. The summed E-state index contributed by atoms with van der Waals surface area (Å²) in [7, 11) is 0. The average Bonchev–Trinajstić information content (AvgIpc) is 2.83. The number of amides is 1. The number of carbonyl (C=O) groups is 2. The fourth-order valence-electron chi connectivity index (χ4n) is 1.51. The van der Waals surface area contributed by atoms with Crippen molar-refractivity contribution in [3.8, 4) is 0 Å². The van der Waals surface area contributed by atoms with Gasteiger partial charge in [-0.15, -0.1) is 11.3 Å². The summed E-state index contributed by atoms with van der Waals surface area (Å²) < 4.78 is 36.9. The normalized spacial score (nSPS) is 11.4. The predicted octanol–water partition coefficient (Wildman–Crippen LogP) is 2.47. The number of nitrogens with zero attached hydrogens (tertiary/aromatic N) is 1. The van der Waals surface area contributed by atoms with E-state index in [4.69, 9.17) is 5.11 Å². The zero-order valence-corrected chi connectivity index (χ0v) is 11.9. The molecule has 0 bridgehead atoms. The summed E-state index contributed by atoms with van der Waals surface area (Å²) in [6, 6.07) is 0. The number of alkyl halides is 3. The Morgan fingerprint density at radius 1 is 1.29 bits per heavy atom. The largest absolute Gasteiger partial charge is 0.481 e. The number of nitrogens with one attached hydrogen (secondary N) is 1. The molecule has 0 aliphatic carbocycles. The molecule has 1 heterocycles. The molecule has 21 heavy (non-hydrogen) atoms. The zero-order chi connectivity index (χ0) is 15.9. The number of rotatable bonds is 8. The molecule has 1 aromatic rings. The van der Waals surface area contributed by atoms with E-state index in [1.165, 1.54) is 0 Å². The van der Waals surface area contributed by atoms with Crippen molar-refractivity contribution in [3.05, 3.63) is 16.1 Å². The summed E-state index contributed by atoms with van der Waals surface area (Å²) in [4.78, 5) is 25.1. The molecule has 1 amide bonds. The molecule has 0 atom stereocenters. The van der Waals surface area contributed by atoms with Crippen LogP contribution in [0.5, 0.6) is 0 Å². The van der Waals surface area contributed by atoms with Gasteiger partial charge in [0.05, 0.1) is 5.01 Å². The minimum absolute atomic E-state index is 0.0205. The van der Waals surface area contributed by atoms with E-state index in [2.05, 4.69) is 10.3 Å². The van der Waals surface area contributed by atoms with E-state index in [0.717, 1.165) is 16.7 Å². The first-order valence-corrected chi connectivity index (χ1v) is 7.17. The first-order valence-electron chi connectivity index (χ1n) is 6.29. The van der Waals surface area contributed by atoms with Gasteiger partial charge >= 0.3 is 12.1 Å². The van der Waals surface area contributed by atoms with Crippen molar-refractivity contribution in [1.82, 2.24) is 10.3 Å². The van der Waals surface area contributed by atoms with Crippen molar-refractivity contribution in [2.24, 2.45) is 0 Å². The molecule has 0 radical (unpaired) electrons. The summed E-state index contributed by atoms with van der Waals surface area (Å²) in [5.74, 6) is -1.15. The second kappa shape index (κ2) is 7.96. The molecular formula is C12H15F3N2O3S. The standard InChI is InChI=1S/C12H15F3N2O3S/c13-12(14,15)8-7-21-10(17-8)5-6-16-9(18)3-1-2-4-11(19)20/h7H,1-6H2,(H,16,18)(H,19,20). The molecule has 0 fully saturated rings. The second-order valence-electron chi connectivity index (χ2n) is 4.33. The van der Waals surface area contributed by atoms with E-state index < -0.39 is 17.8 Å². The molecule has 0 aliphatic rings. The van der Waals surface area contributed by atoms with Gasteiger partial charge < -0.3 is 10.4 Å². The summed E-state index contributed by atoms with van der Waals surface area (Å²) in [6.45, 7) is 0.211. The quantitative estimate of drug-likeness (QED) is 0.720. The SMILES string of the molecule is O=C(O)CCCCC(=O)NCCc1nc(C(F)(F)F)cs1. The van der Waals surface area contributed by atoms with Crippen molar-refractivity contribution in [2.75, 3.05) is 6.54 Å². The maximum Gasteiger partial charge on any atom is 0.434 e. The highest BCUT2D eigenvalue weighted by atomic mass is 32.1. The number of aliphatic carboxylic acids is 1. The Morgan fingerprint density at radius 3 is 2.52 bits per heavy atom. The van der Waals surface area contributed by atoms with Gasteiger partial charge in [-0.1, -0.05) is 0 Å². The minimum Gasteiger partial charge on any atom is -0.481 e. The molecule has 0 unspecified atom stereocenters. The van der Waals surface area contributed by atoms with Gasteiger partial charge in [-0.05, 0) is 12.8 Å². The van der Waals surface area contributed by atoms with Gasteiger partial charge in [-0.25, -0.2) is 4.98 Å². The molecule has 0 aromatic carbocycles. The lowest BCUT2D eigenvalue weighted by molar-refractivity contribution is -0.141. The second-order valence-corrected chi connectivity index (χ2v) is 5.27.